The lowest BCUT2D eigenvalue weighted by atomic mass is 10.1. The first kappa shape index (κ1) is 37.1. The monoisotopic (exact) mass is 566 g/mol. The molecule has 0 saturated carbocycles. The van der Waals surface area contributed by atoms with Crippen LogP contribution in [-0.4, -0.2) is 83.4 Å². The highest BCUT2D eigenvalue weighted by atomic mass is 28.4. The summed E-state index contributed by atoms with van der Waals surface area (Å²) >= 11 is 0. The fraction of sp³-hybridized carbons (Fsp3) is 1.00. The normalized spacial score (nSPS) is 12.5. The molecule has 224 valence electrons. The minimum atomic E-state index is -2.48. The van der Waals surface area contributed by atoms with Crippen molar-refractivity contribution in [3.8, 4) is 0 Å². The molecule has 0 aliphatic heterocycles. The molecule has 0 amide bonds. The number of nitrogens with one attached hydrogen (secondary N) is 2. The van der Waals surface area contributed by atoms with Crippen molar-refractivity contribution in [2.45, 2.75) is 111 Å². The maximum absolute atomic E-state index is 5.92. The highest BCUT2D eigenvalue weighted by Gasteiger charge is 2.40. The lowest BCUT2D eigenvalue weighted by molar-refractivity contribution is 0.0700. The van der Waals surface area contributed by atoms with Crippen molar-refractivity contribution in [1.29, 1.82) is 0 Å². The van der Waals surface area contributed by atoms with Gasteiger partial charge >= 0.3 is 17.6 Å². The average Bonchev–Trinajstić information content (AvgIpc) is 2.87. The van der Waals surface area contributed by atoms with Gasteiger partial charge in [-0.05, 0) is 93.4 Å². The van der Waals surface area contributed by atoms with Gasteiger partial charge in [-0.25, -0.2) is 0 Å². The third-order valence-electron chi connectivity index (χ3n) is 6.07. The molecule has 0 heterocycles. The van der Waals surface area contributed by atoms with Gasteiger partial charge < -0.3 is 37.2 Å². The van der Waals surface area contributed by atoms with Crippen molar-refractivity contribution in [2.24, 2.45) is 0 Å². The predicted octanol–water partition coefficient (Wildman–Crippen LogP) is 5.77. The van der Waals surface area contributed by atoms with Crippen LogP contribution >= 0.6 is 0 Å². The first-order valence-corrected chi connectivity index (χ1v) is 19.2. The molecule has 0 saturated heterocycles. The van der Waals surface area contributed by atoms with E-state index in [1.807, 2.05) is 41.5 Å². The van der Waals surface area contributed by atoms with Crippen LogP contribution in [0.2, 0.25) is 12.1 Å². The van der Waals surface area contributed by atoms with Crippen LogP contribution in [0.1, 0.15) is 99.3 Å². The Morgan fingerprint density at radius 3 is 0.865 bits per heavy atom. The van der Waals surface area contributed by atoms with Gasteiger partial charge in [0.15, 0.2) is 0 Å². The molecule has 37 heavy (non-hydrogen) atoms. The summed E-state index contributed by atoms with van der Waals surface area (Å²) in [6.07, 6.45) is 11.2. The molecule has 0 aromatic rings. The molecular formula is C27H62N2O6Si2. The Bertz CT molecular complexity index is 406. The van der Waals surface area contributed by atoms with Crippen LogP contribution in [0, 0.1) is 0 Å². The lowest BCUT2D eigenvalue weighted by Crippen LogP contribution is -2.46. The van der Waals surface area contributed by atoms with Crippen LogP contribution in [0.5, 0.6) is 0 Å². The first-order valence-electron chi connectivity index (χ1n) is 15.3. The zero-order valence-electron chi connectivity index (χ0n) is 25.3. The fourth-order valence-corrected chi connectivity index (χ4v) is 9.72. The highest BCUT2D eigenvalue weighted by molar-refractivity contribution is 6.61. The highest BCUT2D eigenvalue weighted by Crippen LogP contribution is 2.19. The molecule has 8 nitrogen and oxygen atoms in total. The smallest absolute Gasteiger partial charge is 0.374 e. The summed E-state index contributed by atoms with van der Waals surface area (Å²) < 4.78 is 35.5. The van der Waals surface area contributed by atoms with Crippen molar-refractivity contribution >= 4 is 17.6 Å². The van der Waals surface area contributed by atoms with Crippen LogP contribution in [0.4, 0.5) is 0 Å². The lowest BCUT2D eigenvalue weighted by Gasteiger charge is -2.28. The van der Waals surface area contributed by atoms with Gasteiger partial charge in [0.2, 0.25) is 0 Å². The van der Waals surface area contributed by atoms with E-state index >= 15 is 0 Å². The summed E-state index contributed by atoms with van der Waals surface area (Å²) in [6.45, 7) is 20.2. The van der Waals surface area contributed by atoms with Crippen LogP contribution < -0.4 is 10.6 Å². The molecule has 0 aliphatic carbocycles. The largest absolute Gasteiger partial charge is 0.500 e. The summed E-state index contributed by atoms with van der Waals surface area (Å²) in [5, 5.41) is 7.15. The van der Waals surface area contributed by atoms with Gasteiger partial charge in [-0.15, -0.1) is 0 Å². The third-order valence-corrected chi connectivity index (χ3v) is 12.4. The van der Waals surface area contributed by atoms with Gasteiger partial charge in [0.1, 0.15) is 0 Å². The fourth-order valence-electron chi connectivity index (χ4n) is 4.50. The van der Waals surface area contributed by atoms with Gasteiger partial charge in [-0.3, -0.25) is 0 Å². The summed E-state index contributed by atoms with van der Waals surface area (Å²) in [7, 11) is -4.96. The van der Waals surface area contributed by atoms with E-state index in [9.17, 15) is 0 Å². The predicted molar refractivity (Wildman–Crippen MR) is 158 cm³/mol. The number of unbranched alkanes of at least 4 members (excludes halogenated alkanes) is 6. The number of hydrogen-bond acceptors (Lipinski definition) is 8. The third kappa shape index (κ3) is 19.8. The first-order chi connectivity index (χ1) is 18.1. The van der Waals surface area contributed by atoms with Gasteiger partial charge in [-0.1, -0.05) is 32.1 Å². The van der Waals surface area contributed by atoms with E-state index in [1.54, 1.807) is 0 Å². The Morgan fingerprint density at radius 1 is 0.351 bits per heavy atom. The minimum Gasteiger partial charge on any atom is -0.374 e. The molecule has 0 aromatic carbocycles. The van der Waals surface area contributed by atoms with E-state index in [0.717, 1.165) is 51.1 Å². The quantitative estimate of drug-likeness (QED) is 0.0838. The Kier molecular flexibility index (Phi) is 26.4. The molecule has 0 spiro atoms. The SMILES string of the molecule is CCO[Si](CCCNCCCCCCCCCNCCC[Si](OCC)(OCC)OCC)(OCC)OCC. The van der Waals surface area contributed by atoms with Crippen LogP contribution in [0.3, 0.4) is 0 Å². The van der Waals surface area contributed by atoms with Gasteiger partial charge in [0, 0.05) is 51.7 Å². The Balaban J connectivity index is 3.63. The zero-order chi connectivity index (χ0) is 27.5. The Morgan fingerprint density at radius 2 is 0.595 bits per heavy atom. The van der Waals surface area contributed by atoms with E-state index in [4.69, 9.17) is 26.6 Å². The molecule has 0 radical (unpaired) electrons. The molecule has 0 aromatic heterocycles. The zero-order valence-corrected chi connectivity index (χ0v) is 27.3. The maximum atomic E-state index is 5.92. The molecule has 0 rings (SSSR count). The van der Waals surface area contributed by atoms with Crippen LogP contribution in [-0.2, 0) is 26.6 Å². The van der Waals surface area contributed by atoms with E-state index in [0.29, 0.717) is 39.6 Å². The van der Waals surface area contributed by atoms with E-state index < -0.39 is 17.6 Å². The van der Waals surface area contributed by atoms with Crippen molar-refractivity contribution in [3.05, 3.63) is 0 Å². The van der Waals surface area contributed by atoms with E-state index in [2.05, 4.69) is 10.6 Å². The number of rotatable bonds is 30. The molecule has 0 aliphatic rings. The van der Waals surface area contributed by atoms with Crippen LogP contribution in [0.15, 0.2) is 0 Å². The second kappa shape index (κ2) is 26.3. The summed E-state index contributed by atoms with van der Waals surface area (Å²) in [6, 6.07) is 1.78. The molecule has 0 unspecified atom stereocenters. The molecule has 0 atom stereocenters. The summed E-state index contributed by atoms with van der Waals surface area (Å²) in [5.74, 6) is 0. The van der Waals surface area contributed by atoms with Crippen molar-refractivity contribution in [2.75, 3.05) is 65.8 Å². The summed E-state index contributed by atoms with van der Waals surface area (Å²) in [4.78, 5) is 0. The molecule has 10 heteroatoms. The van der Waals surface area contributed by atoms with Gasteiger partial charge in [0.25, 0.3) is 0 Å². The van der Waals surface area contributed by atoms with Crippen molar-refractivity contribution < 1.29 is 26.6 Å². The van der Waals surface area contributed by atoms with E-state index in [-0.39, 0.29) is 0 Å². The van der Waals surface area contributed by atoms with Crippen LogP contribution in [0.25, 0.3) is 0 Å². The van der Waals surface area contributed by atoms with E-state index in [1.165, 1.54) is 44.9 Å². The molecule has 0 bridgehead atoms. The van der Waals surface area contributed by atoms with Gasteiger partial charge in [0.05, 0.1) is 0 Å². The molecule has 0 fully saturated rings. The molecule has 2 N–H and O–H groups in total. The van der Waals surface area contributed by atoms with Crippen molar-refractivity contribution in [1.82, 2.24) is 10.6 Å². The van der Waals surface area contributed by atoms with Gasteiger partial charge in [-0.2, -0.15) is 0 Å². The van der Waals surface area contributed by atoms with Crippen molar-refractivity contribution in [3.63, 3.8) is 0 Å². The topological polar surface area (TPSA) is 79.4 Å². The minimum absolute atomic E-state index is 0.650. The second-order valence-corrected chi connectivity index (χ2v) is 14.6. The Hall–Kier alpha value is 0.114. The maximum Gasteiger partial charge on any atom is 0.500 e. The second-order valence-electron chi connectivity index (χ2n) is 9.15. The average molecular weight is 567 g/mol. The summed E-state index contributed by atoms with van der Waals surface area (Å²) in [5.41, 5.74) is 0. The number of hydrogen-bond donors (Lipinski definition) is 2. The molecular weight excluding hydrogens is 504 g/mol. The standard InChI is InChI=1S/C27H62N2O6Si2/c1-7-30-36(31-8-2,32-9-3)26-20-24-28-22-18-16-14-13-15-17-19-23-29-25-21-27-37(33-10-4,34-11-5)35-12-6/h28-29H,7-27H2,1-6H3. The Labute approximate surface area is 232 Å².